The summed E-state index contributed by atoms with van der Waals surface area (Å²) >= 11 is 0. The number of hydrogen-bond donors (Lipinski definition) is 1. The van der Waals surface area contributed by atoms with Gasteiger partial charge in [0.15, 0.2) is 0 Å². The Morgan fingerprint density at radius 2 is 2.50 bits per heavy atom. The summed E-state index contributed by atoms with van der Waals surface area (Å²) in [5.74, 6) is 0. The Hall–Kier alpha value is -0.630. The van der Waals surface area contributed by atoms with Gasteiger partial charge < -0.3 is 5.32 Å². The maximum absolute atomic E-state index is 3.54. The van der Waals surface area contributed by atoms with Crippen molar-refractivity contribution in [3.8, 4) is 0 Å². The van der Waals surface area contributed by atoms with Gasteiger partial charge in [-0.15, -0.1) is 0 Å². The van der Waals surface area contributed by atoms with Crippen LogP contribution in [-0.2, 0) is 0 Å². The number of rotatable bonds is 4. The third-order valence-electron chi connectivity index (χ3n) is 0.723. The lowest BCUT2D eigenvalue weighted by Gasteiger charge is -1.89. The molecule has 0 aliphatic heterocycles. The van der Waals surface area contributed by atoms with Crippen molar-refractivity contribution < 1.29 is 0 Å². The molecule has 8 heavy (non-hydrogen) atoms. The second-order valence-corrected chi connectivity index (χ2v) is 1.38. The molecule has 0 fully saturated rings. The quantitative estimate of drug-likeness (QED) is 0.422. The van der Waals surface area contributed by atoms with Gasteiger partial charge in [0.25, 0.3) is 0 Å². The first kappa shape index (κ1) is 7.37. The largest absolute Gasteiger partial charge is 0.313 e. The predicted molar refractivity (Wildman–Crippen MR) is 37.2 cm³/mol. The second-order valence-electron chi connectivity index (χ2n) is 1.38. The molecule has 0 rings (SSSR count). The van der Waals surface area contributed by atoms with Gasteiger partial charge in [-0.05, 0) is 13.3 Å². The molecule has 0 radical (unpaired) electrons. The Labute approximate surface area is 50.3 Å². The summed E-state index contributed by atoms with van der Waals surface area (Å²) in [5.41, 5.74) is 0. The Morgan fingerprint density at radius 1 is 1.75 bits per heavy atom. The second kappa shape index (κ2) is 6.37. The molecule has 0 saturated carbocycles. The fourth-order valence-corrected chi connectivity index (χ4v) is 0.355. The molecule has 0 aromatic carbocycles. The van der Waals surface area contributed by atoms with Crippen LogP contribution in [0.15, 0.2) is 17.3 Å². The van der Waals surface area contributed by atoms with Gasteiger partial charge in [0.2, 0.25) is 0 Å². The lowest BCUT2D eigenvalue weighted by atomic mass is 10.6. The van der Waals surface area contributed by atoms with E-state index in [4.69, 9.17) is 0 Å². The Morgan fingerprint density at radius 3 is 3.00 bits per heavy atom. The van der Waals surface area contributed by atoms with Crippen molar-refractivity contribution in [2.75, 3.05) is 13.1 Å². The van der Waals surface area contributed by atoms with E-state index in [0.717, 1.165) is 13.1 Å². The van der Waals surface area contributed by atoms with E-state index in [1.807, 2.05) is 6.08 Å². The fourth-order valence-electron chi connectivity index (χ4n) is 0.355. The smallest absolute Gasteiger partial charge is 0.0233 e. The van der Waals surface area contributed by atoms with Crippen molar-refractivity contribution in [2.24, 2.45) is 4.99 Å². The topological polar surface area (TPSA) is 24.4 Å². The van der Waals surface area contributed by atoms with Crippen LogP contribution >= 0.6 is 0 Å². The van der Waals surface area contributed by atoms with Crippen LogP contribution in [0.25, 0.3) is 0 Å². The highest BCUT2D eigenvalue weighted by atomic mass is 14.8. The van der Waals surface area contributed by atoms with E-state index in [1.165, 1.54) is 0 Å². The van der Waals surface area contributed by atoms with Crippen LogP contribution < -0.4 is 5.32 Å². The van der Waals surface area contributed by atoms with Gasteiger partial charge in [-0.1, -0.05) is 13.0 Å². The Balaban J connectivity index is 2.91. The van der Waals surface area contributed by atoms with Crippen LogP contribution in [0.5, 0.6) is 0 Å². The summed E-state index contributed by atoms with van der Waals surface area (Å²) in [6.45, 7) is 7.24. The molecule has 0 atom stereocenters. The van der Waals surface area contributed by atoms with Gasteiger partial charge in [-0.2, -0.15) is 0 Å². The molecule has 0 saturated heterocycles. The third-order valence-corrected chi connectivity index (χ3v) is 0.723. The number of nitrogens with one attached hydrogen (secondary N) is 1. The van der Waals surface area contributed by atoms with Crippen LogP contribution in [-0.4, -0.2) is 19.8 Å². The summed E-state index contributed by atoms with van der Waals surface area (Å²) in [6.07, 6.45) is 3.61. The molecule has 0 aromatic heterocycles. The molecule has 0 unspecified atom stereocenters. The van der Waals surface area contributed by atoms with Gasteiger partial charge in [0.05, 0.1) is 0 Å². The van der Waals surface area contributed by atoms with E-state index in [2.05, 4.69) is 24.0 Å². The first-order chi connectivity index (χ1) is 3.91. The summed E-state index contributed by atoms with van der Waals surface area (Å²) in [4.78, 5) is 3.54. The van der Waals surface area contributed by atoms with E-state index in [0.29, 0.717) is 0 Å². The summed E-state index contributed by atoms with van der Waals surface area (Å²) < 4.78 is 0. The molecule has 1 N–H and O–H groups in total. The summed E-state index contributed by atoms with van der Waals surface area (Å²) in [5, 5.41) is 3.11. The minimum Gasteiger partial charge on any atom is -0.313 e. The zero-order chi connectivity index (χ0) is 6.24. The fraction of sp³-hybridized carbons (Fsp3) is 0.500. The van der Waals surface area contributed by atoms with E-state index < -0.39 is 0 Å². The van der Waals surface area contributed by atoms with Crippen LogP contribution in [0.2, 0.25) is 0 Å². The van der Waals surface area contributed by atoms with Crippen molar-refractivity contribution in [3.05, 3.63) is 12.3 Å². The highest BCUT2D eigenvalue weighted by Gasteiger charge is 1.70. The third kappa shape index (κ3) is 5.37. The summed E-state index contributed by atoms with van der Waals surface area (Å²) in [7, 11) is 0. The number of aliphatic imine (C=N–C) groups is 1. The summed E-state index contributed by atoms with van der Waals surface area (Å²) in [6, 6.07) is 0. The van der Waals surface area contributed by atoms with Crippen LogP contribution in [0.3, 0.4) is 0 Å². The van der Waals surface area contributed by atoms with Gasteiger partial charge in [-0.3, -0.25) is 4.99 Å². The monoisotopic (exact) mass is 112 g/mol. The minimum atomic E-state index is 0.884. The predicted octanol–water partition coefficient (Wildman–Crippen LogP) is 0.810. The molecule has 0 spiro atoms. The molecule has 46 valence electrons. The maximum Gasteiger partial charge on any atom is 0.0233 e. The van der Waals surface area contributed by atoms with Crippen LogP contribution in [0.1, 0.15) is 6.92 Å². The van der Waals surface area contributed by atoms with E-state index in [-0.39, 0.29) is 0 Å². The van der Waals surface area contributed by atoms with Gasteiger partial charge >= 0.3 is 0 Å². The van der Waals surface area contributed by atoms with Crippen LogP contribution in [0, 0.1) is 0 Å². The number of hydrogen-bond acceptors (Lipinski definition) is 2. The van der Waals surface area contributed by atoms with E-state index in [1.54, 1.807) is 6.20 Å². The lowest BCUT2D eigenvalue weighted by molar-refractivity contribution is 0.798. The average Bonchev–Trinajstić information content (AvgIpc) is 1.81. The molecule has 2 heteroatoms. The Bertz CT molecular complexity index is 76.6. The van der Waals surface area contributed by atoms with E-state index >= 15 is 0 Å². The first-order valence-electron chi connectivity index (χ1n) is 2.73. The standard InChI is InChI=1S/C6H12N2/c1-3-8-6-4-5-7-2/h4-5,8H,2-3,6H2,1H3/b5-4-. The zero-order valence-corrected chi connectivity index (χ0v) is 5.22. The van der Waals surface area contributed by atoms with Gasteiger partial charge in [0, 0.05) is 12.7 Å². The molecule has 0 heterocycles. The van der Waals surface area contributed by atoms with Gasteiger partial charge in [0.1, 0.15) is 0 Å². The Kier molecular flexibility index (Phi) is 5.87. The average molecular weight is 112 g/mol. The first-order valence-corrected chi connectivity index (χ1v) is 2.73. The maximum atomic E-state index is 3.54. The van der Waals surface area contributed by atoms with Crippen molar-refractivity contribution in [3.63, 3.8) is 0 Å². The van der Waals surface area contributed by atoms with E-state index in [9.17, 15) is 0 Å². The van der Waals surface area contributed by atoms with Crippen molar-refractivity contribution in [1.82, 2.24) is 5.32 Å². The molecular weight excluding hydrogens is 100 g/mol. The van der Waals surface area contributed by atoms with Crippen molar-refractivity contribution in [2.45, 2.75) is 6.92 Å². The highest BCUT2D eigenvalue weighted by molar-refractivity contribution is 5.25. The molecule has 0 aromatic rings. The normalized spacial score (nSPS) is 10.1. The minimum absolute atomic E-state index is 0.884. The SMILES string of the molecule is C=N/C=C\CNCC. The zero-order valence-electron chi connectivity index (χ0n) is 5.22. The number of likely N-dealkylation sites (N-methyl/N-ethyl adjacent to an activating group) is 1. The molecule has 0 aliphatic carbocycles. The molecule has 0 bridgehead atoms. The van der Waals surface area contributed by atoms with Gasteiger partial charge in [-0.25, -0.2) is 0 Å². The highest BCUT2D eigenvalue weighted by Crippen LogP contribution is 1.68. The molecule has 2 nitrogen and oxygen atoms in total. The molecule has 0 amide bonds. The molecular formula is C6H12N2. The molecule has 0 aliphatic rings. The lowest BCUT2D eigenvalue weighted by Crippen LogP contribution is -2.11. The van der Waals surface area contributed by atoms with Crippen LogP contribution in [0.4, 0.5) is 0 Å². The number of nitrogens with zero attached hydrogens (tertiary/aromatic N) is 1. The van der Waals surface area contributed by atoms with Crippen molar-refractivity contribution >= 4 is 6.72 Å². The van der Waals surface area contributed by atoms with Crippen molar-refractivity contribution in [1.29, 1.82) is 0 Å².